The van der Waals surface area contributed by atoms with Crippen LogP contribution >= 0.6 is 0 Å². The van der Waals surface area contributed by atoms with E-state index in [1.165, 1.54) is 44.7 Å². The first-order chi connectivity index (χ1) is 18.5. The Balaban J connectivity index is 1.60. The molecule has 0 fully saturated rings. The average molecular weight is 524 g/mol. The van der Waals surface area contributed by atoms with E-state index in [2.05, 4.69) is 22.8 Å². The second-order valence-corrected chi connectivity index (χ2v) is 9.06. The van der Waals surface area contributed by atoms with Gasteiger partial charge in [0.1, 0.15) is 11.5 Å². The zero-order valence-electron chi connectivity index (χ0n) is 22.7. The number of benzene rings is 2. The van der Waals surface area contributed by atoms with Gasteiger partial charge < -0.3 is 14.8 Å². The van der Waals surface area contributed by atoms with Crippen LogP contribution < -0.4 is 20.2 Å². The van der Waals surface area contributed by atoms with Crippen molar-refractivity contribution in [3.63, 3.8) is 0 Å². The largest absolute Gasteiger partial charge is 0.494 e. The highest BCUT2D eigenvalue weighted by Gasteiger charge is 2.09. The maximum absolute atomic E-state index is 12.3. The van der Waals surface area contributed by atoms with Gasteiger partial charge >= 0.3 is 5.97 Å². The molecule has 38 heavy (non-hydrogen) atoms. The van der Waals surface area contributed by atoms with E-state index in [9.17, 15) is 14.4 Å². The molecule has 206 valence electrons. The lowest BCUT2D eigenvalue weighted by atomic mass is 10.1. The molecule has 0 unspecified atom stereocenters. The zero-order chi connectivity index (χ0) is 27.4. The third-order valence-electron chi connectivity index (χ3n) is 5.85. The van der Waals surface area contributed by atoms with Crippen LogP contribution in [0.3, 0.4) is 0 Å². The van der Waals surface area contributed by atoms with E-state index in [1.54, 1.807) is 48.5 Å². The molecule has 0 spiro atoms. The Kier molecular flexibility index (Phi) is 14.9. The summed E-state index contributed by atoms with van der Waals surface area (Å²) in [5.74, 6) is 0.0858. The van der Waals surface area contributed by atoms with Crippen LogP contribution in [0, 0.1) is 0 Å². The monoisotopic (exact) mass is 523 g/mol. The number of unbranched alkanes of at least 4 members (excludes halogenated alkanes) is 8. The molecular formula is C30H41N3O5. The molecule has 2 aromatic rings. The molecule has 2 amide bonds. The molecule has 0 atom stereocenters. The van der Waals surface area contributed by atoms with Crippen LogP contribution in [-0.4, -0.2) is 37.1 Å². The Morgan fingerprint density at radius 1 is 0.763 bits per heavy atom. The fourth-order valence-corrected chi connectivity index (χ4v) is 3.72. The van der Waals surface area contributed by atoms with Crippen LogP contribution in [0.15, 0.2) is 53.6 Å². The fraction of sp³-hybridized carbons (Fsp3) is 0.467. The highest BCUT2D eigenvalue weighted by atomic mass is 16.5. The Morgan fingerprint density at radius 2 is 1.37 bits per heavy atom. The van der Waals surface area contributed by atoms with Gasteiger partial charge in [-0.1, -0.05) is 58.3 Å². The van der Waals surface area contributed by atoms with E-state index in [-0.39, 0.29) is 12.5 Å². The fourth-order valence-electron chi connectivity index (χ4n) is 3.72. The summed E-state index contributed by atoms with van der Waals surface area (Å²) >= 11 is 0. The van der Waals surface area contributed by atoms with Gasteiger partial charge in [0, 0.05) is 6.42 Å². The van der Waals surface area contributed by atoms with E-state index < -0.39 is 11.9 Å². The first-order valence-electron chi connectivity index (χ1n) is 13.7. The Morgan fingerprint density at radius 3 is 2.00 bits per heavy atom. The first kappa shape index (κ1) is 30.5. The maximum Gasteiger partial charge on any atom is 0.343 e. The molecule has 2 rings (SSSR count). The van der Waals surface area contributed by atoms with Crippen LogP contribution in [0.5, 0.6) is 11.5 Å². The number of carbonyl (C=O) groups is 3. The Bertz CT molecular complexity index is 1000. The summed E-state index contributed by atoms with van der Waals surface area (Å²) in [5, 5.41) is 6.53. The van der Waals surface area contributed by atoms with Crippen LogP contribution in [0.25, 0.3) is 0 Å². The predicted molar refractivity (Wildman–Crippen MR) is 150 cm³/mol. The summed E-state index contributed by atoms with van der Waals surface area (Å²) in [4.78, 5) is 36.1. The van der Waals surface area contributed by atoms with Crippen LogP contribution in [-0.2, 0) is 9.59 Å². The van der Waals surface area contributed by atoms with E-state index in [1.807, 2.05) is 6.92 Å². The molecule has 0 aliphatic rings. The minimum Gasteiger partial charge on any atom is -0.494 e. The van der Waals surface area contributed by atoms with Gasteiger partial charge in [-0.3, -0.25) is 9.59 Å². The number of hydrogen-bond donors (Lipinski definition) is 2. The van der Waals surface area contributed by atoms with Crippen molar-refractivity contribution in [3.8, 4) is 11.5 Å². The van der Waals surface area contributed by atoms with Crippen molar-refractivity contribution in [1.82, 2.24) is 10.7 Å². The van der Waals surface area contributed by atoms with Crippen molar-refractivity contribution in [2.75, 3.05) is 13.2 Å². The number of carbonyl (C=O) groups excluding carboxylic acids is 3. The number of ether oxygens (including phenoxy) is 2. The van der Waals surface area contributed by atoms with Gasteiger partial charge in [0.05, 0.1) is 24.9 Å². The topological polar surface area (TPSA) is 106 Å². The quantitative estimate of drug-likeness (QED) is 0.0845. The lowest BCUT2D eigenvalue weighted by Crippen LogP contribution is -2.34. The number of hydrogen-bond acceptors (Lipinski definition) is 6. The van der Waals surface area contributed by atoms with Crippen molar-refractivity contribution in [1.29, 1.82) is 0 Å². The second kappa shape index (κ2) is 18.5. The average Bonchev–Trinajstić information content (AvgIpc) is 2.92. The van der Waals surface area contributed by atoms with E-state index in [0.717, 1.165) is 19.3 Å². The molecule has 0 aliphatic heterocycles. The smallest absolute Gasteiger partial charge is 0.343 e. The highest BCUT2D eigenvalue weighted by Crippen LogP contribution is 2.16. The summed E-state index contributed by atoms with van der Waals surface area (Å²) in [5.41, 5.74) is 3.52. The molecule has 8 heteroatoms. The van der Waals surface area contributed by atoms with Crippen molar-refractivity contribution >= 4 is 24.0 Å². The van der Waals surface area contributed by atoms with Crippen LogP contribution in [0.4, 0.5) is 0 Å². The van der Waals surface area contributed by atoms with Gasteiger partial charge in [-0.15, -0.1) is 0 Å². The van der Waals surface area contributed by atoms with Crippen molar-refractivity contribution < 1.29 is 23.9 Å². The molecule has 0 radical (unpaired) electrons. The number of nitrogens with zero attached hydrogens (tertiary/aromatic N) is 1. The Labute approximate surface area is 226 Å². The van der Waals surface area contributed by atoms with Crippen molar-refractivity contribution in [3.05, 3.63) is 59.7 Å². The van der Waals surface area contributed by atoms with Gasteiger partial charge in [-0.2, -0.15) is 5.10 Å². The van der Waals surface area contributed by atoms with E-state index >= 15 is 0 Å². The molecule has 8 nitrogen and oxygen atoms in total. The van der Waals surface area contributed by atoms with Crippen LogP contribution in [0.1, 0.15) is 94.0 Å². The van der Waals surface area contributed by atoms with E-state index in [0.29, 0.717) is 35.7 Å². The molecule has 0 aromatic heterocycles. The summed E-state index contributed by atoms with van der Waals surface area (Å²) in [6.07, 6.45) is 12.6. The number of rotatable bonds is 18. The summed E-state index contributed by atoms with van der Waals surface area (Å²) in [7, 11) is 0. The minimum atomic E-state index is -0.471. The van der Waals surface area contributed by atoms with Crippen molar-refractivity contribution in [2.24, 2.45) is 5.10 Å². The molecule has 2 N–H and O–H groups in total. The number of hydrazone groups is 1. The molecule has 0 saturated heterocycles. The standard InChI is InChI=1S/C30H41N3O5/c1-3-5-6-7-8-9-10-11-12-13-28(34)31-23-29(35)33-32-22-24-14-18-27(19-15-24)38-30(36)25-16-20-26(21-17-25)37-4-2/h14-22H,3-13,23H2,1-2H3,(H,31,34)(H,33,35). The lowest BCUT2D eigenvalue weighted by Gasteiger charge is -2.06. The molecular weight excluding hydrogens is 482 g/mol. The van der Waals surface area contributed by atoms with E-state index in [4.69, 9.17) is 9.47 Å². The Hall–Kier alpha value is -3.68. The summed E-state index contributed by atoms with van der Waals surface area (Å²) < 4.78 is 10.8. The zero-order valence-corrected chi connectivity index (χ0v) is 22.7. The van der Waals surface area contributed by atoms with Gasteiger partial charge in [0.2, 0.25) is 5.91 Å². The molecule has 0 heterocycles. The number of amides is 2. The van der Waals surface area contributed by atoms with Crippen molar-refractivity contribution in [2.45, 2.75) is 78.1 Å². The normalized spacial score (nSPS) is 10.8. The highest BCUT2D eigenvalue weighted by molar-refractivity contribution is 5.91. The second-order valence-electron chi connectivity index (χ2n) is 9.06. The molecule has 0 aliphatic carbocycles. The van der Waals surface area contributed by atoms with Gasteiger partial charge in [0.25, 0.3) is 5.91 Å². The number of esters is 1. The number of nitrogens with one attached hydrogen (secondary N) is 2. The maximum atomic E-state index is 12.3. The predicted octanol–water partition coefficient (Wildman–Crippen LogP) is 5.79. The summed E-state index contributed by atoms with van der Waals surface area (Å²) in [6, 6.07) is 13.4. The SMILES string of the molecule is CCCCCCCCCCCC(=O)NCC(=O)NN=Cc1ccc(OC(=O)c2ccc(OCC)cc2)cc1. The van der Waals surface area contributed by atoms with Gasteiger partial charge in [-0.05, 0) is 67.4 Å². The molecule has 0 saturated carbocycles. The van der Waals surface area contributed by atoms with Crippen LogP contribution in [0.2, 0.25) is 0 Å². The minimum absolute atomic E-state index is 0.117. The molecule has 0 bridgehead atoms. The van der Waals surface area contributed by atoms with Gasteiger partial charge in [0.15, 0.2) is 0 Å². The lowest BCUT2D eigenvalue weighted by molar-refractivity contribution is -0.126. The third kappa shape index (κ3) is 13.0. The third-order valence-corrected chi connectivity index (χ3v) is 5.85. The molecule has 2 aromatic carbocycles. The first-order valence-corrected chi connectivity index (χ1v) is 13.7. The van der Waals surface area contributed by atoms with Gasteiger partial charge in [-0.25, -0.2) is 10.2 Å². The summed E-state index contributed by atoms with van der Waals surface area (Å²) in [6.45, 7) is 4.55.